The lowest BCUT2D eigenvalue weighted by Crippen LogP contribution is -2.16. The van der Waals surface area contributed by atoms with Gasteiger partial charge in [-0.25, -0.2) is 0 Å². The van der Waals surface area contributed by atoms with Crippen LogP contribution < -0.4 is 0 Å². The van der Waals surface area contributed by atoms with Gasteiger partial charge in [0.05, 0.1) is 0 Å². The maximum Gasteiger partial charge on any atom is 0.167 e. The Balaban J connectivity index is 2.74. The number of rotatable bonds is 4. The fourth-order valence-electron chi connectivity index (χ4n) is 3.45. The highest BCUT2D eigenvalue weighted by Crippen LogP contribution is 2.49. The van der Waals surface area contributed by atoms with Gasteiger partial charge in [-0.1, -0.05) is 116 Å². The summed E-state index contributed by atoms with van der Waals surface area (Å²) in [4.78, 5) is 0. The second-order valence-corrected chi connectivity index (χ2v) is 10.6. The molecule has 2 nitrogen and oxygen atoms in total. The minimum atomic E-state index is -0.221. The third-order valence-corrected chi connectivity index (χ3v) is 5.32. The molecular weight excluding hydrogens is 342 g/mol. The molecule has 0 fully saturated rings. The van der Waals surface area contributed by atoms with Crippen LogP contribution in [0.25, 0.3) is 5.32 Å². The zero-order chi connectivity index (χ0) is 21.4. The largest absolute Gasteiger partial charge is 0.654 e. The minimum absolute atomic E-state index is 0.0452. The van der Waals surface area contributed by atoms with Crippen molar-refractivity contribution >= 4 is 11.4 Å². The second-order valence-electron chi connectivity index (χ2n) is 10.6. The maximum atomic E-state index is 13.4. The number of hydrogen-bond acceptors (Lipinski definition) is 0. The van der Waals surface area contributed by atoms with Crippen molar-refractivity contribution in [2.24, 2.45) is 0 Å². The third-order valence-electron chi connectivity index (χ3n) is 5.32. The molecule has 0 atom stereocenters. The number of nitrogens with zero attached hydrogens (tertiary/aromatic N) is 1. The molecule has 0 bridgehead atoms. The molecule has 0 saturated heterocycles. The lowest BCUT2D eigenvalue weighted by molar-refractivity contribution is 0.343. The van der Waals surface area contributed by atoms with Crippen molar-refractivity contribution in [3.05, 3.63) is 57.9 Å². The first-order valence-electron chi connectivity index (χ1n) is 10.4. The molecular formula is C26H37NO-. The number of hydrogen-bond donors (Lipinski definition) is 0. The fraction of sp³-hybridized carbons (Fsp3) is 0.538. The van der Waals surface area contributed by atoms with Gasteiger partial charge in [-0.2, -0.15) is 0 Å². The third kappa shape index (κ3) is 4.71. The molecule has 2 rings (SSSR count). The summed E-state index contributed by atoms with van der Waals surface area (Å²) < 4.78 is 0. The summed E-state index contributed by atoms with van der Waals surface area (Å²) in [6.45, 7) is 21.6. The summed E-state index contributed by atoms with van der Waals surface area (Å²) in [6, 6.07) is 10.5. The van der Waals surface area contributed by atoms with Crippen molar-refractivity contribution in [1.29, 1.82) is 0 Å². The zero-order valence-electron chi connectivity index (χ0n) is 19.4. The highest BCUT2D eigenvalue weighted by Gasteiger charge is 2.24. The van der Waals surface area contributed by atoms with Crippen molar-refractivity contribution in [2.45, 2.75) is 91.9 Å². The van der Waals surface area contributed by atoms with Crippen LogP contribution in [-0.4, -0.2) is 0 Å². The van der Waals surface area contributed by atoms with Crippen LogP contribution >= 0.6 is 0 Å². The molecule has 0 N–H and O–H groups in total. The summed E-state index contributed by atoms with van der Waals surface area (Å²) in [5.41, 5.74) is 5.66. The summed E-state index contributed by atoms with van der Waals surface area (Å²) in [7, 11) is 0. The van der Waals surface area contributed by atoms with E-state index in [2.05, 4.69) is 93.5 Å². The number of benzene rings is 2. The van der Waals surface area contributed by atoms with Gasteiger partial charge in [0.25, 0.3) is 0 Å². The van der Waals surface area contributed by atoms with Gasteiger partial charge in [-0.05, 0) is 28.2 Å². The van der Waals surface area contributed by atoms with Crippen LogP contribution in [0.1, 0.15) is 103 Å². The SMILES string of the molecule is CC(C)c1cccc(C(C)C)c1[N-]c1cc(C(C)(C)C)cc(C(C)(C)C)c1[O]. The van der Waals surface area contributed by atoms with Crippen molar-refractivity contribution in [3.8, 4) is 5.75 Å². The molecule has 2 aromatic carbocycles. The van der Waals surface area contributed by atoms with Crippen molar-refractivity contribution < 1.29 is 5.11 Å². The molecule has 0 aliphatic heterocycles. The molecule has 153 valence electrons. The summed E-state index contributed by atoms with van der Waals surface area (Å²) in [5.74, 6) is 0.745. The van der Waals surface area contributed by atoms with Crippen LogP contribution in [0.3, 0.4) is 0 Å². The van der Waals surface area contributed by atoms with Gasteiger partial charge in [0.15, 0.2) is 5.75 Å². The zero-order valence-corrected chi connectivity index (χ0v) is 19.4. The van der Waals surface area contributed by atoms with Crippen LogP contribution in [-0.2, 0) is 15.9 Å². The van der Waals surface area contributed by atoms with Crippen LogP contribution in [0.2, 0.25) is 0 Å². The highest BCUT2D eigenvalue weighted by molar-refractivity contribution is 5.79. The molecule has 2 heteroatoms. The standard InChI is InChI=1S/C26H37NO/c1-16(2)19-12-11-13-20(17(3)4)23(19)27-22-15-18(25(5,6)7)14-21(24(22)28)26(8,9)10/h11-17H,1-10H3/q-1. The van der Waals surface area contributed by atoms with E-state index in [-0.39, 0.29) is 16.6 Å². The number of para-hydroxylation sites is 1. The highest BCUT2D eigenvalue weighted by atomic mass is 16.3. The summed E-state index contributed by atoms with van der Waals surface area (Å²) >= 11 is 0. The Morgan fingerprint density at radius 1 is 0.786 bits per heavy atom. The van der Waals surface area contributed by atoms with E-state index in [0.717, 1.165) is 16.8 Å². The first-order valence-corrected chi connectivity index (χ1v) is 10.4. The van der Waals surface area contributed by atoms with Gasteiger partial charge in [-0.15, -0.1) is 5.69 Å². The first-order chi connectivity index (χ1) is 12.7. The van der Waals surface area contributed by atoms with Crippen LogP contribution in [0.5, 0.6) is 5.75 Å². The predicted octanol–water partition coefficient (Wildman–Crippen LogP) is 9.01. The molecule has 0 aliphatic rings. The Labute approximate surface area is 172 Å². The molecule has 0 amide bonds. The molecule has 0 unspecified atom stereocenters. The van der Waals surface area contributed by atoms with E-state index >= 15 is 0 Å². The molecule has 1 radical (unpaired) electrons. The molecule has 0 aliphatic carbocycles. The average molecular weight is 380 g/mol. The van der Waals surface area contributed by atoms with Gasteiger partial charge in [-0.3, -0.25) is 5.11 Å². The Bertz CT molecular complexity index is 806. The molecule has 0 saturated carbocycles. The Morgan fingerprint density at radius 3 is 1.68 bits per heavy atom. The average Bonchev–Trinajstić information content (AvgIpc) is 2.54. The van der Waals surface area contributed by atoms with E-state index < -0.39 is 0 Å². The Kier molecular flexibility index (Phi) is 6.23. The van der Waals surface area contributed by atoms with Gasteiger partial charge >= 0.3 is 0 Å². The fourth-order valence-corrected chi connectivity index (χ4v) is 3.45. The molecule has 0 spiro atoms. The quantitative estimate of drug-likeness (QED) is 0.508. The van der Waals surface area contributed by atoms with E-state index in [1.54, 1.807) is 0 Å². The van der Waals surface area contributed by atoms with E-state index in [1.165, 1.54) is 11.1 Å². The monoisotopic (exact) mass is 379 g/mol. The van der Waals surface area contributed by atoms with E-state index in [0.29, 0.717) is 17.5 Å². The maximum absolute atomic E-state index is 13.4. The van der Waals surface area contributed by atoms with E-state index in [9.17, 15) is 5.11 Å². The van der Waals surface area contributed by atoms with Crippen molar-refractivity contribution in [1.82, 2.24) is 0 Å². The van der Waals surface area contributed by atoms with Crippen molar-refractivity contribution in [3.63, 3.8) is 0 Å². The smallest absolute Gasteiger partial charge is 0.167 e. The van der Waals surface area contributed by atoms with Gasteiger partial charge in [0.1, 0.15) is 0 Å². The minimum Gasteiger partial charge on any atom is -0.654 e. The normalized spacial score (nSPS) is 12.7. The Hall–Kier alpha value is -1.96. The second kappa shape index (κ2) is 7.81. The summed E-state index contributed by atoms with van der Waals surface area (Å²) in [5, 5.41) is 18.4. The first kappa shape index (κ1) is 22.3. The summed E-state index contributed by atoms with van der Waals surface area (Å²) in [6.07, 6.45) is 0. The van der Waals surface area contributed by atoms with E-state index in [4.69, 9.17) is 5.32 Å². The van der Waals surface area contributed by atoms with Gasteiger partial charge < -0.3 is 5.32 Å². The van der Waals surface area contributed by atoms with Gasteiger partial charge in [0.2, 0.25) is 0 Å². The van der Waals surface area contributed by atoms with Crippen LogP contribution in [0.4, 0.5) is 11.4 Å². The van der Waals surface area contributed by atoms with Crippen molar-refractivity contribution in [2.75, 3.05) is 0 Å². The van der Waals surface area contributed by atoms with Gasteiger partial charge in [0, 0.05) is 5.56 Å². The molecule has 28 heavy (non-hydrogen) atoms. The topological polar surface area (TPSA) is 34.0 Å². The predicted molar refractivity (Wildman–Crippen MR) is 121 cm³/mol. The molecule has 0 heterocycles. The van der Waals surface area contributed by atoms with E-state index in [1.807, 2.05) is 6.07 Å². The van der Waals surface area contributed by atoms with Crippen LogP contribution in [0.15, 0.2) is 30.3 Å². The molecule has 0 aromatic heterocycles. The lowest BCUT2D eigenvalue weighted by Gasteiger charge is -2.35. The Morgan fingerprint density at radius 2 is 1.29 bits per heavy atom. The molecule has 2 aromatic rings. The lowest BCUT2D eigenvalue weighted by atomic mass is 9.79. The van der Waals surface area contributed by atoms with Crippen LogP contribution in [0, 0.1) is 0 Å².